The van der Waals surface area contributed by atoms with Gasteiger partial charge in [-0.2, -0.15) is 0 Å². The van der Waals surface area contributed by atoms with Crippen LogP contribution in [0.5, 0.6) is 11.5 Å². The van der Waals surface area contributed by atoms with Gasteiger partial charge in [-0.3, -0.25) is 14.9 Å². The lowest BCUT2D eigenvalue weighted by atomic mass is 10.1. The number of barbiturate groups is 1. The fraction of sp³-hybridized carbons (Fsp3) is 0.111. The Morgan fingerprint density at radius 2 is 1.76 bits per heavy atom. The van der Waals surface area contributed by atoms with Gasteiger partial charge in [0.15, 0.2) is 11.5 Å². The summed E-state index contributed by atoms with van der Waals surface area (Å²) >= 11 is 6.16. The van der Waals surface area contributed by atoms with Crippen LogP contribution in [0.2, 0.25) is 5.02 Å². The van der Waals surface area contributed by atoms with Crippen molar-refractivity contribution in [3.05, 3.63) is 93.5 Å². The number of anilines is 1. The molecule has 0 bridgehead atoms. The summed E-state index contributed by atoms with van der Waals surface area (Å²) in [4.78, 5) is 49.9. The summed E-state index contributed by atoms with van der Waals surface area (Å²) in [5, 5.41) is 11.6. The number of imide groups is 2. The van der Waals surface area contributed by atoms with Crippen LogP contribution in [-0.4, -0.2) is 36.0 Å². The molecule has 188 valence electrons. The molecule has 1 heterocycles. The average Bonchev–Trinajstić information content (AvgIpc) is 2.87. The van der Waals surface area contributed by atoms with E-state index in [9.17, 15) is 19.2 Å². The van der Waals surface area contributed by atoms with E-state index in [4.69, 9.17) is 26.2 Å². The number of urea groups is 1. The van der Waals surface area contributed by atoms with Crippen molar-refractivity contribution in [2.45, 2.75) is 13.5 Å². The number of carboxylic acids is 1. The van der Waals surface area contributed by atoms with Crippen LogP contribution in [-0.2, 0) is 16.2 Å². The van der Waals surface area contributed by atoms with E-state index in [-0.39, 0.29) is 23.4 Å². The first-order chi connectivity index (χ1) is 17.7. The third kappa shape index (κ3) is 5.46. The summed E-state index contributed by atoms with van der Waals surface area (Å²) in [6, 6.07) is 14.9. The van der Waals surface area contributed by atoms with Crippen LogP contribution < -0.4 is 19.7 Å². The molecule has 1 fully saturated rings. The number of nitrogens with zero attached hydrogens (tertiary/aromatic N) is 1. The van der Waals surface area contributed by atoms with E-state index in [0.717, 1.165) is 16.0 Å². The SMILES string of the molecule is COc1cc(/C=C2/C(=O)NC(=O)N(c3ccc(C)c(Cl)c3)C2=O)ccc1OCc1ccc(C(=O)O)cc1. The molecule has 3 aromatic carbocycles. The van der Waals surface area contributed by atoms with E-state index in [2.05, 4.69) is 5.32 Å². The van der Waals surface area contributed by atoms with Crippen molar-refractivity contribution in [3.63, 3.8) is 0 Å². The Labute approximate surface area is 216 Å². The molecule has 37 heavy (non-hydrogen) atoms. The van der Waals surface area contributed by atoms with Crippen molar-refractivity contribution < 1.29 is 33.8 Å². The molecule has 4 rings (SSSR count). The highest BCUT2D eigenvalue weighted by molar-refractivity contribution is 6.39. The Kier molecular flexibility index (Phi) is 7.26. The number of methoxy groups -OCH3 is 1. The zero-order valence-corrected chi connectivity index (χ0v) is 20.5. The number of amides is 4. The number of hydrogen-bond acceptors (Lipinski definition) is 6. The molecule has 0 saturated carbocycles. The van der Waals surface area contributed by atoms with E-state index >= 15 is 0 Å². The van der Waals surface area contributed by atoms with Crippen molar-refractivity contribution in [3.8, 4) is 11.5 Å². The molecule has 0 aliphatic carbocycles. The number of nitrogens with one attached hydrogen (secondary N) is 1. The van der Waals surface area contributed by atoms with Gasteiger partial charge in [0.2, 0.25) is 0 Å². The van der Waals surface area contributed by atoms with Gasteiger partial charge in [0.1, 0.15) is 12.2 Å². The number of rotatable bonds is 7. The second-order valence-corrected chi connectivity index (χ2v) is 8.50. The van der Waals surface area contributed by atoms with E-state index in [1.54, 1.807) is 49.4 Å². The molecule has 1 aliphatic heterocycles. The lowest BCUT2D eigenvalue weighted by Crippen LogP contribution is -2.54. The van der Waals surface area contributed by atoms with Gasteiger partial charge in [-0.05, 0) is 66.1 Å². The molecule has 0 spiro atoms. The molecule has 1 saturated heterocycles. The van der Waals surface area contributed by atoms with Gasteiger partial charge in [0.05, 0.1) is 18.4 Å². The molecule has 4 amide bonds. The van der Waals surface area contributed by atoms with Gasteiger partial charge in [-0.15, -0.1) is 0 Å². The molecule has 2 N–H and O–H groups in total. The molecular formula is C27H21ClN2O7. The fourth-order valence-electron chi connectivity index (χ4n) is 3.58. The second kappa shape index (κ2) is 10.5. The zero-order chi connectivity index (χ0) is 26.7. The van der Waals surface area contributed by atoms with E-state index in [0.29, 0.717) is 22.1 Å². The summed E-state index contributed by atoms with van der Waals surface area (Å²) < 4.78 is 11.2. The van der Waals surface area contributed by atoms with Crippen LogP contribution in [0.4, 0.5) is 10.5 Å². The normalized spacial score (nSPS) is 14.5. The van der Waals surface area contributed by atoms with Crippen LogP contribution in [0.15, 0.2) is 66.2 Å². The van der Waals surface area contributed by atoms with Crippen LogP contribution in [0.25, 0.3) is 6.08 Å². The van der Waals surface area contributed by atoms with Crippen molar-refractivity contribution >= 4 is 47.2 Å². The largest absolute Gasteiger partial charge is 0.493 e. The van der Waals surface area contributed by atoms with Gasteiger partial charge in [-0.1, -0.05) is 35.9 Å². The molecule has 1 aliphatic rings. The minimum absolute atomic E-state index is 0.160. The lowest BCUT2D eigenvalue weighted by molar-refractivity contribution is -0.122. The van der Waals surface area contributed by atoms with Crippen LogP contribution in [0, 0.1) is 6.92 Å². The maximum atomic E-state index is 13.1. The summed E-state index contributed by atoms with van der Waals surface area (Å²) in [6.07, 6.45) is 1.35. The Morgan fingerprint density at radius 3 is 2.41 bits per heavy atom. The summed E-state index contributed by atoms with van der Waals surface area (Å²) in [6.45, 7) is 1.95. The number of carboxylic acid groups (broad SMARTS) is 1. The smallest absolute Gasteiger partial charge is 0.335 e. The number of carbonyl (C=O) groups excluding carboxylic acids is 3. The first-order valence-electron chi connectivity index (χ1n) is 11.0. The Morgan fingerprint density at radius 1 is 1.03 bits per heavy atom. The Hall–Kier alpha value is -4.63. The molecule has 0 aromatic heterocycles. The van der Waals surface area contributed by atoms with Gasteiger partial charge >= 0.3 is 12.0 Å². The highest BCUT2D eigenvalue weighted by atomic mass is 35.5. The van der Waals surface area contributed by atoms with Crippen LogP contribution in [0.3, 0.4) is 0 Å². The first-order valence-corrected chi connectivity index (χ1v) is 11.4. The molecule has 9 nitrogen and oxygen atoms in total. The van der Waals surface area contributed by atoms with Crippen molar-refractivity contribution in [1.29, 1.82) is 0 Å². The molecular weight excluding hydrogens is 500 g/mol. The third-order valence-corrected chi connectivity index (χ3v) is 6.02. The first kappa shape index (κ1) is 25.5. The predicted molar refractivity (Wildman–Crippen MR) is 136 cm³/mol. The highest BCUT2D eigenvalue weighted by Crippen LogP contribution is 2.31. The van der Waals surface area contributed by atoms with E-state index in [1.807, 2.05) is 0 Å². The van der Waals surface area contributed by atoms with Crippen LogP contribution in [0.1, 0.15) is 27.0 Å². The summed E-state index contributed by atoms with van der Waals surface area (Å²) in [5.41, 5.74) is 2.15. The molecule has 3 aromatic rings. The van der Waals surface area contributed by atoms with E-state index < -0.39 is 23.8 Å². The van der Waals surface area contributed by atoms with Crippen molar-refractivity contribution in [2.75, 3.05) is 12.0 Å². The summed E-state index contributed by atoms with van der Waals surface area (Å²) in [7, 11) is 1.45. The quantitative estimate of drug-likeness (QED) is 0.345. The Balaban J connectivity index is 1.57. The minimum Gasteiger partial charge on any atom is -0.493 e. The summed E-state index contributed by atoms with van der Waals surface area (Å²) in [5.74, 6) is -1.89. The maximum absolute atomic E-state index is 13.1. The van der Waals surface area contributed by atoms with E-state index in [1.165, 1.54) is 31.4 Å². The highest BCUT2D eigenvalue weighted by Gasteiger charge is 2.37. The number of halogens is 1. The number of benzene rings is 3. The van der Waals surface area contributed by atoms with Crippen molar-refractivity contribution in [2.24, 2.45) is 0 Å². The van der Waals surface area contributed by atoms with Gasteiger partial charge in [0, 0.05) is 5.02 Å². The minimum atomic E-state index is -1.01. The van der Waals surface area contributed by atoms with Gasteiger partial charge in [0.25, 0.3) is 11.8 Å². The third-order valence-electron chi connectivity index (χ3n) is 5.61. The van der Waals surface area contributed by atoms with Crippen LogP contribution >= 0.6 is 11.6 Å². The lowest BCUT2D eigenvalue weighted by Gasteiger charge is -2.26. The molecule has 10 heteroatoms. The molecule has 0 atom stereocenters. The number of aryl methyl sites for hydroxylation is 1. The molecule has 0 radical (unpaired) electrons. The maximum Gasteiger partial charge on any atom is 0.335 e. The second-order valence-electron chi connectivity index (χ2n) is 8.09. The van der Waals surface area contributed by atoms with Gasteiger partial charge in [-0.25, -0.2) is 14.5 Å². The standard InChI is InChI=1S/C27H21ClN2O7/c1-15-3-9-19(13-21(15)28)30-25(32)20(24(31)29-27(30)35)11-17-6-10-22(23(12-17)36-2)37-14-16-4-7-18(8-5-16)26(33)34/h3-13H,14H2,1-2H3,(H,33,34)(H,29,31,35)/b20-11-. The monoisotopic (exact) mass is 520 g/mol. The number of carbonyl (C=O) groups is 4. The number of hydrogen-bond donors (Lipinski definition) is 2. The average molecular weight is 521 g/mol. The fourth-order valence-corrected chi connectivity index (χ4v) is 3.75. The van der Waals surface area contributed by atoms with Gasteiger partial charge < -0.3 is 14.6 Å². The molecule has 0 unspecified atom stereocenters. The van der Waals surface area contributed by atoms with Crippen molar-refractivity contribution in [1.82, 2.24) is 5.32 Å². The topological polar surface area (TPSA) is 122 Å². The number of aromatic carboxylic acids is 1. The predicted octanol–water partition coefficient (Wildman–Crippen LogP) is 4.60. The number of ether oxygens (including phenoxy) is 2. The Bertz CT molecular complexity index is 1450. The zero-order valence-electron chi connectivity index (χ0n) is 19.8.